The van der Waals surface area contributed by atoms with Crippen LogP contribution >= 0.6 is 23.2 Å². The number of phenols is 3. The maximum atomic E-state index is 16.3. The van der Waals surface area contributed by atoms with E-state index in [4.69, 9.17) is 63.1 Å². The molecule has 0 aromatic heterocycles. The number of nitrogens with two attached hydrogens (primary N) is 2. The van der Waals surface area contributed by atoms with Crippen molar-refractivity contribution < 1.29 is 127 Å². The van der Waals surface area contributed by atoms with Crippen molar-refractivity contribution >= 4 is 93.9 Å². The number of likely N-dealkylation sites (N-methyl/N-ethyl adjacent to an activating group) is 1. The monoisotopic (exact) mass is 1780 g/mol. The molecule has 2 fully saturated rings. The van der Waals surface area contributed by atoms with E-state index >= 15 is 24.0 Å². The van der Waals surface area contributed by atoms with Crippen molar-refractivity contribution in [3.63, 3.8) is 0 Å². The summed E-state index contributed by atoms with van der Waals surface area (Å²) in [6.07, 6.45) is -19.3. The van der Waals surface area contributed by atoms with Gasteiger partial charge in [0.2, 0.25) is 53.4 Å². The fourth-order valence-electron chi connectivity index (χ4n) is 15.1. The van der Waals surface area contributed by atoms with E-state index in [-0.39, 0.29) is 54.0 Å². The lowest BCUT2D eigenvalue weighted by Gasteiger charge is -2.48. The highest BCUT2D eigenvalue weighted by Gasteiger charge is 2.52. The SMILES string of the molecule is CN[C@H](CC(C)C)C(=O)N[C@H]1C(=O)N[C@@H](CC(N)=O)C(=O)N[C@H]2C(=O)N[C@H]3C(=O)N[C@H](C(=O)N[C@@H](C(=O)NNC(=O)C(N)=O)c4cc(O)cc(O)c4-c4cc3ccc4O)[C@H](O)c3ccc(c(Cl)c3)Oc3cc2cc(c3O[C@@H]2O[C@H](CO)[C@@H](O)[C@H](O)[C@H]2O[C@H]2C[C@](C)(NCc3ccc(NC(=O)c4ccc(C(C)C)cc4)cc3)[C@H](O)[C@H](C)O2)Oc2ccc(cc2Cl)[C@H]1O. The maximum Gasteiger partial charge on any atom is 0.327 e. The number of anilines is 1. The number of aliphatic hydroxyl groups excluding tert-OH is 6. The molecule has 18 atom stereocenters. The summed E-state index contributed by atoms with van der Waals surface area (Å²) in [6, 6.07) is 12.7. The van der Waals surface area contributed by atoms with E-state index in [1.807, 2.05) is 45.3 Å². The molecule has 39 nitrogen and oxygen atoms in total. The number of primary amides is 2. The number of ether oxygens (including phenoxy) is 6. The summed E-state index contributed by atoms with van der Waals surface area (Å²) in [5.74, 6) is -19.7. The second-order valence-corrected chi connectivity index (χ2v) is 32.7. The lowest BCUT2D eigenvalue weighted by Crippen LogP contribution is -2.65. The number of hydrogen-bond acceptors (Lipinski definition) is 28. The smallest absolute Gasteiger partial charge is 0.327 e. The van der Waals surface area contributed by atoms with E-state index in [0.29, 0.717) is 16.8 Å². The lowest BCUT2D eigenvalue weighted by molar-refractivity contribution is -0.334. The van der Waals surface area contributed by atoms with Gasteiger partial charge in [0.05, 0.1) is 41.3 Å². The largest absolute Gasteiger partial charge is 0.508 e. The number of nitrogens with one attached hydrogen (secondary N) is 11. The van der Waals surface area contributed by atoms with E-state index in [2.05, 4.69) is 47.9 Å². The topological polar surface area (TPSA) is 610 Å². The standard InChI is InChI=1S/C85H95Cl2N13O26/c1-34(2)22-50(90-7)76(113)97-65-67(106)41-15-20-54(48(86)24-41)122-56-26-43-27-57(71(56)126-84-72(70(109)69(108)58(33-101)124-84)125-60-31-85(6,73(110)36(5)121-60)91-32-37-8-17-44(18-9-37)92-75(112)39-12-10-38(11-13-39)35(3)4)123-55-21-16-42(25-49(55)87)68(107)66-81(118)96-64(82(119)99-100-83(120)74(89)111)47-28-45(102)29-53(104)61(47)46-23-40(14-19-52(46)103)62(78(115)98-66)95-79(116)63(43)94-77(114)51(30-59(88)105)93-80(65)117/h8-21,23-29,34-36,50-51,58,60,62-70,72-73,84,90-91,101-104,106-110H,22,30-33H2,1-7H3,(H2,88,105)(H2,89,111)(H,92,112)(H,93,117)(H,94,114)(H,95,116)(H,96,118)(H,97,113)(H,98,115)(H,99,119)(H,100,120)/t36-,50+,51-,58+,60-,62+,63+,64+,65+,66-,67+,68+,69+,70-,72+,73+,84-,85-/m0/s1. The first-order valence-corrected chi connectivity index (χ1v) is 40.6. The first-order chi connectivity index (χ1) is 59.7. The molecule has 670 valence electrons. The lowest BCUT2D eigenvalue weighted by atomic mass is 9.84. The average Bonchev–Trinajstić information content (AvgIpc) is 0.765. The zero-order chi connectivity index (χ0) is 91.4. The van der Waals surface area contributed by atoms with Crippen LogP contribution < -0.4 is 84.4 Å². The molecule has 11 bridgehead atoms. The molecule has 0 unspecified atom stereocenters. The van der Waals surface area contributed by atoms with Crippen molar-refractivity contribution in [3.05, 3.63) is 182 Å². The molecule has 0 radical (unpaired) electrons. The number of halogens is 2. The minimum Gasteiger partial charge on any atom is -0.508 e. The second-order valence-electron chi connectivity index (χ2n) is 31.9. The van der Waals surface area contributed by atoms with Gasteiger partial charge < -0.3 is 134 Å². The molecule has 2 saturated heterocycles. The van der Waals surface area contributed by atoms with Gasteiger partial charge >= 0.3 is 11.8 Å². The van der Waals surface area contributed by atoms with E-state index in [9.17, 15) is 74.7 Å². The molecule has 7 heterocycles. The zero-order valence-electron chi connectivity index (χ0n) is 68.5. The molecule has 0 saturated carbocycles. The van der Waals surface area contributed by atoms with Crippen LogP contribution in [0.25, 0.3) is 11.1 Å². The number of carbonyl (C=O) groups is 11. The van der Waals surface area contributed by atoms with Crippen molar-refractivity contribution in [3.8, 4) is 57.1 Å². The molecular weight excluding hydrogens is 1690 g/mol. The van der Waals surface area contributed by atoms with Crippen LogP contribution in [0.3, 0.4) is 0 Å². The van der Waals surface area contributed by atoms with Crippen LogP contribution in [0.2, 0.25) is 10.0 Å². The number of amides is 11. The Morgan fingerprint density at radius 2 is 1.27 bits per heavy atom. The van der Waals surface area contributed by atoms with Gasteiger partial charge in [-0.1, -0.05) is 93.4 Å². The first-order valence-electron chi connectivity index (χ1n) is 39.8. The van der Waals surface area contributed by atoms with Crippen LogP contribution in [-0.4, -0.2) is 204 Å². The summed E-state index contributed by atoms with van der Waals surface area (Å²) in [4.78, 5) is 158. The van der Waals surface area contributed by atoms with Gasteiger partial charge in [-0.2, -0.15) is 0 Å². The van der Waals surface area contributed by atoms with Crippen molar-refractivity contribution in [2.75, 3.05) is 19.0 Å². The van der Waals surface area contributed by atoms with Crippen LogP contribution in [0.5, 0.6) is 46.0 Å². The third kappa shape index (κ3) is 20.8. The molecule has 7 aliphatic heterocycles. The number of benzene rings is 7. The van der Waals surface area contributed by atoms with E-state index in [1.54, 1.807) is 48.7 Å². The van der Waals surface area contributed by atoms with Crippen molar-refractivity contribution in [2.24, 2.45) is 17.4 Å². The molecular formula is C85H95Cl2N13O26. The molecule has 11 amide bonds. The summed E-state index contributed by atoms with van der Waals surface area (Å²) < 4.78 is 39.5. The number of hydrazine groups is 1. The number of rotatable bonds is 19. The van der Waals surface area contributed by atoms with Crippen LogP contribution in [0.15, 0.2) is 127 Å². The Balaban J connectivity index is 1.01. The highest BCUT2D eigenvalue weighted by Crippen LogP contribution is 2.50. The van der Waals surface area contributed by atoms with Crippen LogP contribution in [0.4, 0.5) is 5.69 Å². The summed E-state index contributed by atoms with van der Waals surface area (Å²) in [5.41, 5.74) is 12.7. The van der Waals surface area contributed by atoms with Gasteiger partial charge in [0.1, 0.15) is 95.5 Å². The minimum absolute atomic E-state index is 0.110. The normalized spacial score (nSPS) is 25.8. The van der Waals surface area contributed by atoms with Crippen molar-refractivity contribution in [2.45, 2.75) is 183 Å². The molecule has 7 aromatic rings. The van der Waals surface area contributed by atoms with E-state index < -0.39 is 259 Å². The number of phenolic OH excluding ortho intramolecular Hbond substituents is 3. The summed E-state index contributed by atoms with van der Waals surface area (Å²) in [5, 5.41) is 130. The Hall–Kier alpha value is -12.4. The predicted octanol–water partition coefficient (Wildman–Crippen LogP) is 1.86. The molecule has 126 heavy (non-hydrogen) atoms. The maximum absolute atomic E-state index is 16.3. The summed E-state index contributed by atoms with van der Waals surface area (Å²) >= 11 is 14.4. The Kier molecular flexibility index (Phi) is 28.8. The third-order valence-corrected chi connectivity index (χ3v) is 22.6. The van der Waals surface area contributed by atoms with Crippen molar-refractivity contribution in [1.29, 1.82) is 0 Å². The van der Waals surface area contributed by atoms with Gasteiger partial charge in [-0.3, -0.25) is 63.6 Å². The van der Waals surface area contributed by atoms with Gasteiger partial charge in [0, 0.05) is 46.9 Å². The molecule has 7 aliphatic rings. The molecule has 0 spiro atoms. The Labute approximate surface area is 728 Å². The minimum atomic E-state index is -2.42. The van der Waals surface area contributed by atoms with Crippen molar-refractivity contribution in [1.82, 2.24) is 53.4 Å². The van der Waals surface area contributed by atoms with Gasteiger partial charge in [-0.15, -0.1) is 0 Å². The van der Waals surface area contributed by atoms with Crippen LogP contribution in [0, 0.1) is 5.92 Å². The Bertz CT molecular complexity index is 5360. The molecule has 7 aromatic carbocycles. The van der Waals surface area contributed by atoms with Gasteiger partial charge in [-0.25, -0.2) is 0 Å². The van der Waals surface area contributed by atoms with Gasteiger partial charge in [0.15, 0.2) is 23.9 Å². The number of fused-ring (bicyclic) bond motifs is 15. The number of aromatic hydroxyl groups is 3. The molecule has 14 rings (SSSR count). The quantitative estimate of drug-likeness (QED) is 0.0406. The Morgan fingerprint density at radius 1 is 0.651 bits per heavy atom. The highest BCUT2D eigenvalue weighted by atomic mass is 35.5. The second kappa shape index (κ2) is 39.0. The fourth-order valence-corrected chi connectivity index (χ4v) is 15.6. The highest BCUT2D eigenvalue weighted by molar-refractivity contribution is 6.34. The van der Waals surface area contributed by atoms with E-state index in [0.717, 1.165) is 72.3 Å². The zero-order valence-corrected chi connectivity index (χ0v) is 70.0. The number of aliphatic hydroxyl groups is 6. The van der Waals surface area contributed by atoms with Crippen LogP contribution in [0.1, 0.15) is 146 Å². The summed E-state index contributed by atoms with van der Waals surface area (Å²) in [6.45, 7) is 10.0. The summed E-state index contributed by atoms with van der Waals surface area (Å²) in [7, 11) is 1.46. The number of hydrogen-bond donors (Lipinski definition) is 22. The predicted molar refractivity (Wildman–Crippen MR) is 445 cm³/mol. The van der Waals surface area contributed by atoms with E-state index in [1.165, 1.54) is 26.1 Å². The first kappa shape index (κ1) is 92.8. The molecule has 41 heteroatoms. The Morgan fingerprint density at radius 3 is 1.87 bits per heavy atom. The average molecular weight is 1790 g/mol. The molecule has 24 N–H and O–H groups in total. The van der Waals surface area contributed by atoms with Gasteiger partial charge in [0.25, 0.3) is 11.8 Å². The third-order valence-electron chi connectivity index (χ3n) is 22.0. The van der Waals surface area contributed by atoms with Gasteiger partial charge in [-0.05, 0) is 157 Å². The fraction of sp³-hybridized carbons (Fsp3) is 0.376. The van der Waals surface area contributed by atoms with Crippen LogP contribution in [-0.2, 0) is 68.7 Å². The molecule has 0 aliphatic carbocycles. The number of carbonyl (C=O) groups excluding carboxylic acids is 11.